The van der Waals surface area contributed by atoms with Gasteiger partial charge in [-0.2, -0.15) is 4.31 Å². The fourth-order valence-electron chi connectivity index (χ4n) is 4.04. The molecule has 2 amide bonds. The molecule has 0 atom stereocenters. The van der Waals surface area contributed by atoms with Crippen molar-refractivity contribution in [1.82, 2.24) is 9.21 Å². The Morgan fingerprint density at radius 1 is 0.931 bits per heavy atom. The molecule has 0 bridgehead atoms. The Labute approximate surface area is 170 Å². The predicted octanol–water partition coefficient (Wildman–Crippen LogP) is 0.446. The summed E-state index contributed by atoms with van der Waals surface area (Å²) in [6.45, 7) is 5.79. The smallest absolute Gasteiger partial charge is 0.265 e. The van der Waals surface area contributed by atoms with Crippen molar-refractivity contribution in [2.24, 2.45) is 0 Å². The molecule has 2 aromatic rings. The van der Waals surface area contributed by atoms with E-state index in [0.717, 1.165) is 16.0 Å². The molecule has 2 aromatic carbocycles. The summed E-state index contributed by atoms with van der Waals surface area (Å²) in [4.78, 5) is 27.7. The number of hydrogen-bond acceptors (Lipinski definition) is 4. The number of nitrogens with zero attached hydrogens (tertiary/aromatic N) is 2. The number of fused-ring (bicyclic) bond motifs is 1. The normalized spacial score (nSPS) is 18.3. The molecule has 0 aromatic heterocycles. The zero-order chi connectivity index (χ0) is 20.8. The lowest BCUT2D eigenvalue weighted by atomic mass is 10.1. The van der Waals surface area contributed by atoms with Gasteiger partial charge in [0.05, 0.1) is 42.2 Å². The second-order valence-corrected chi connectivity index (χ2v) is 9.57. The van der Waals surface area contributed by atoms with E-state index in [4.69, 9.17) is 0 Å². The first-order valence-electron chi connectivity index (χ1n) is 9.65. The number of sulfonamides is 1. The van der Waals surface area contributed by atoms with Crippen LogP contribution in [0, 0.1) is 13.8 Å². The van der Waals surface area contributed by atoms with Gasteiger partial charge < -0.3 is 4.90 Å². The molecule has 8 heteroatoms. The highest BCUT2D eigenvalue weighted by Gasteiger charge is 2.39. The van der Waals surface area contributed by atoms with Gasteiger partial charge in [0.25, 0.3) is 11.8 Å². The van der Waals surface area contributed by atoms with Crippen LogP contribution in [0.25, 0.3) is 0 Å². The summed E-state index contributed by atoms with van der Waals surface area (Å²) in [6, 6.07) is 12.2. The van der Waals surface area contributed by atoms with Crippen molar-refractivity contribution in [2.75, 3.05) is 32.8 Å². The molecule has 0 saturated carbocycles. The van der Waals surface area contributed by atoms with Crippen molar-refractivity contribution in [1.29, 1.82) is 0 Å². The molecule has 2 aliphatic rings. The summed E-state index contributed by atoms with van der Waals surface area (Å²) < 4.78 is 27.5. The Morgan fingerprint density at radius 3 is 2.07 bits per heavy atom. The minimum atomic E-state index is -3.55. The Morgan fingerprint density at radius 2 is 1.52 bits per heavy atom. The van der Waals surface area contributed by atoms with Crippen molar-refractivity contribution in [3.8, 4) is 0 Å². The Kier molecular flexibility index (Phi) is 5.02. The third-order valence-corrected chi connectivity index (χ3v) is 7.70. The van der Waals surface area contributed by atoms with Crippen LogP contribution in [0.5, 0.6) is 0 Å². The number of quaternary nitrogens is 1. The summed E-state index contributed by atoms with van der Waals surface area (Å²) in [5, 5.41) is 0. The quantitative estimate of drug-likeness (QED) is 0.737. The van der Waals surface area contributed by atoms with Gasteiger partial charge in [0.15, 0.2) is 6.67 Å². The zero-order valence-corrected chi connectivity index (χ0v) is 17.3. The molecule has 0 aliphatic carbocycles. The van der Waals surface area contributed by atoms with Gasteiger partial charge in [-0.1, -0.05) is 29.8 Å². The van der Waals surface area contributed by atoms with Crippen LogP contribution in [0.4, 0.5) is 0 Å². The van der Waals surface area contributed by atoms with E-state index in [9.17, 15) is 18.0 Å². The molecule has 0 radical (unpaired) electrons. The average molecular weight is 415 g/mol. The van der Waals surface area contributed by atoms with Crippen molar-refractivity contribution in [3.05, 3.63) is 64.7 Å². The monoisotopic (exact) mass is 414 g/mol. The third-order valence-electron chi connectivity index (χ3n) is 5.64. The fraction of sp³-hybridized carbons (Fsp3) is 0.333. The van der Waals surface area contributed by atoms with E-state index in [0.29, 0.717) is 42.2 Å². The number of nitrogens with one attached hydrogen (secondary N) is 1. The van der Waals surface area contributed by atoms with Gasteiger partial charge in [0, 0.05) is 0 Å². The predicted molar refractivity (Wildman–Crippen MR) is 107 cm³/mol. The highest BCUT2D eigenvalue weighted by atomic mass is 32.2. The van der Waals surface area contributed by atoms with E-state index in [1.165, 1.54) is 9.21 Å². The highest BCUT2D eigenvalue weighted by Crippen LogP contribution is 2.22. The van der Waals surface area contributed by atoms with Crippen molar-refractivity contribution in [2.45, 2.75) is 18.7 Å². The maximum atomic E-state index is 13.0. The molecule has 1 N–H and O–H groups in total. The van der Waals surface area contributed by atoms with Crippen molar-refractivity contribution >= 4 is 21.8 Å². The van der Waals surface area contributed by atoms with Crippen LogP contribution in [0.1, 0.15) is 31.8 Å². The van der Waals surface area contributed by atoms with Crippen LogP contribution in [0.3, 0.4) is 0 Å². The first-order chi connectivity index (χ1) is 13.8. The molecular formula is C21H24N3O4S+. The second-order valence-electron chi connectivity index (χ2n) is 7.67. The van der Waals surface area contributed by atoms with Crippen LogP contribution < -0.4 is 4.90 Å². The number of imide groups is 1. The zero-order valence-electron chi connectivity index (χ0n) is 16.5. The van der Waals surface area contributed by atoms with E-state index in [1.807, 2.05) is 26.0 Å². The maximum Gasteiger partial charge on any atom is 0.265 e. The van der Waals surface area contributed by atoms with Crippen LogP contribution in [-0.4, -0.2) is 62.3 Å². The standard InChI is InChI=1S/C21H23N3O4S/c1-15-7-8-19(16(2)13-15)29(27,28)23-11-9-22(10-12-23)14-24-20(25)17-5-3-4-6-18(17)21(24)26/h3-8,13H,9-12,14H2,1-2H3/p+1. The van der Waals surface area contributed by atoms with E-state index in [2.05, 4.69) is 0 Å². The van der Waals surface area contributed by atoms with Crippen LogP contribution >= 0.6 is 0 Å². The van der Waals surface area contributed by atoms with Crippen LogP contribution in [-0.2, 0) is 10.0 Å². The van der Waals surface area contributed by atoms with E-state index < -0.39 is 10.0 Å². The SMILES string of the molecule is Cc1ccc(S(=O)(=O)N2CC[NH+](CN3C(=O)c4ccccc4C3=O)CC2)c(C)c1. The largest absolute Gasteiger partial charge is 0.315 e. The first-order valence-corrected chi connectivity index (χ1v) is 11.1. The lowest BCUT2D eigenvalue weighted by molar-refractivity contribution is -0.910. The molecule has 7 nitrogen and oxygen atoms in total. The minimum absolute atomic E-state index is 0.254. The lowest BCUT2D eigenvalue weighted by Crippen LogP contribution is -3.16. The van der Waals surface area contributed by atoms with Crippen molar-refractivity contribution in [3.63, 3.8) is 0 Å². The third kappa shape index (κ3) is 3.48. The van der Waals surface area contributed by atoms with Gasteiger partial charge in [-0.3, -0.25) is 9.59 Å². The molecule has 1 fully saturated rings. The number of amides is 2. The molecule has 152 valence electrons. The van der Waals surface area contributed by atoms with Gasteiger partial charge in [0.2, 0.25) is 10.0 Å². The number of carbonyl (C=O) groups is 2. The number of rotatable bonds is 4. The van der Waals surface area contributed by atoms with Gasteiger partial charge in [-0.25, -0.2) is 13.3 Å². The Bertz CT molecular complexity index is 1050. The number of benzene rings is 2. The second kappa shape index (κ2) is 7.37. The summed E-state index contributed by atoms with van der Waals surface area (Å²) >= 11 is 0. The summed E-state index contributed by atoms with van der Waals surface area (Å²) in [6.07, 6.45) is 0. The minimum Gasteiger partial charge on any atom is -0.315 e. The molecule has 29 heavy (non-hydrogen) atoms. The number of aryl methyl sites for hydroxylation is 2. The van der Waals surface area contributed by atoms with Crippen molar-refractivity contribution < 1.29 is 22.9 Å². The summed E-state index contributed by atoms with van der Waals surface area (Å²) in [7, 11) is -3.55. The molecule has 4 rings (SSSR count). The maximum absolute atomic E-state index is 13.0. The summed E-state index contributed by atoms with van der Waals surface area (Å²) in [5.74, 6) is -0.549. The molecule has 0 spiro atoms. The van der Waals surface area contributed by atoms with Crippen LogP contribution in [0.15, 0.2) is 47.4 Å². The van der Waals surface area contributed by atoms with E-state index >= 15 is 0 Å². The molecule has 1 saturated heterocycles. The number of hydrogen-bond donors (Lipinski definition) is 1. The first kappa shape index (κ1) is 19.8. The number of piperazine rings is 1. The van der Waals surface area contributed by atoms with Gasteiger partial charge >= 0.3 is 0 Å². The Hall–Kier alpha value is -2.55. The van der Waals surface area contributed by atoms with Gasteiger partial charge in [0.1, 0.15) is 0 Å². The van der Waals surface area contributed by atoms with E-state index in [1.54, 1.807) is 30.3 Å². The molecule has 0 unspecified atom stereocenters. The fourth-order valence-corrected chi connectivity index (χ4v) is 5.68. The average Bonchev–Trinajstić information content (AvgIpc) is 2.93. The number of carbonyl (C=O) groups excluding carboxylic acids is 2. The molecule has 2 heterocycles. The molecular weight excluding hydrogens is 390 g/mol. The Balaban J connectivity index is 1.43. The van der Waals surface area contributed by atoms with Gasteiger partial charge in [-0.05, 0) is 37.6 Å². The topological polar surface area (TPSA) is 79.2 Å². The van der Waals surface area contributed by atoms with Crippen LogP contribution in [0.2, 0.25) is 0 Å². The lowest BCUT2D eigenvalue weighted by Gasteiger charge is -2.33. The molecule has 2 aliphatic heterocycles. The van der Waals surface area contributed by atoms with Gasteiger partial charge in [-0.15, -0.1) is 0 Å². The summed E-state index contributed by atoms with van der Waals surface area (Å²) in [5.41, 5.74) is 2.64. The highest BCUT2D eigenvalue weighted by molar-refractivity contribution is 7.89. The van der Waals surface area contributed by atoms with E-state index in [-0.39, 0.29) is 18.5 Å².